The van der Waals surface area contributed by atoms with E-state index >= 15 is 0 Å². The first-order valence-corrected chi connectivity index (χ1v) is 6.60. The number of anilines is 1. The van der Waals surface area contributed by atoms with E-state index in [9.17, 15) is 4.79 Å². The lowest BCUT2D eigenvalue weighted by molar-refractivity contribution is 0.0903. The number of carbonyl (C=O) groups is 1. The van der Waals surface area contributed by atoms with Gasteiger partial charge in [-0.05, 0) is 31.1 Å². The van der Waals surface area contributed by atoms with Gasteiger partial charge in [0, 0.05) is 6.04 Å². The van der Waals surface area contributed by atoms with Crippen LogP contribution in [0.1, 0.15) is 50.0 Å². The molecule has 1 aliphatic rings. The van der Waals surface area contributed by atoms with Gasteiger partial charge < -0.3 is 10.7 Å². The van der Waals surface area contributed by atoms with Crippen molar-refractivity contribution in [2.45, 2.75) is 45.6 Å². The van der Waals surface area contributed by atoms with Crippen molar-refractivity contribution in [3.05, 3.63) is 18.1 Å². The van der Waals surface area contributed by atoms with E-state index in [2.05, 4.69) is 34.6 Å². The van der Waals surface area contributed by atoms with Crippen LogP contribution in [-0.4, -0.2) is 21.9 Å². The SMILES string of the molecule is CC1(C)CCC(NC(=O)c2cncc(NN)n2)CC1. The highest BCUT2D eigenvalue weighted by atomic mass is 16.1. The van der Waals surface area contributed by atoms with Crippen molar-refractivity contribution in [2.75, 3.05) is 5.43 Å². The molecule has 2 rings (SSSR count). The van der Waals surface area contributed by atoms with Gasteiger partial charge in [-0.1, -0.05) is 13.8 Å². The molecule has 0 spiro atoms. The Kier molecular flexibility index (Phi) is 3.99. The lowest BCUT2D eigenvalue weighted by Gasteiger charge is -2.34. The van der Waals surface area contributed by atoms with Crippen LogP contribution in [0.2, 0.25) is 0 Å². The molecule has 0 aliphatic heterocycles. The third kappa shape index (κ3) is 3.64. The molecule has 1 aromatic rings. The normalized spacial score (nSPS) is 18.9. The molecule has 1 heterocycles. The number of nitrogen functional groups attached to an aromatic ring is 1. The second-order valence-corrected chi connectivity index (χ2v) is 5.85. The van der Waals surface area contributed by atoms with Crippen LogP contribution in [0, 0.1) is 5.41 Å². The van der Waals surface area contributed by atoms with Gasteiger partial charge >= 0.3 is 0 Å². The predicted octanol–water partition coefficient (Wildman–Crippen LogP) is 1.46. The summed E-state index contributed by atoms with van der Waals surface area (Å²) < 4.78 is 0. The van der Waals surface area contributed by atoms with Crippen LogP contribution in [0.5, 0.6) is 0 Å². The van der Waals surface area contributed by atoms with Crippen molar-refractivity contribution in [1.82, 2.24) is 15.3 Å². The Balaban J connectivity index is 1.94. The first-order valence-electron chi connectivity index (χ1n) is 6.60. The smallest absolute Gasteiger partial charge is 0.271 e. The Morgan fingerprint density at radius 3 is 2.68 bits per heavy atom. The lowest BCUT2D eigenvalue weighted by atomic mass is 9.75. The van der Waals surface area contributed by atoms with Gasteiger partial charge in [-0.2, -0.15) is 0 Å². The van der Waals surface area contributed by atoms with E-state index < -0.39 is 0 Å². The van der Waals surface area contributed by atoms with Crippen LogP contribution >= 0.6 is 0 Å². The van der Waals surface area contributed by atoms with Crippen molar-refractivity contribution in [1.29, 1.82) is 0 Å². The van der Waals surface area contributed by atoms with Crippen molar-refractivity contribution in [2.24, 2.45) is 11.3 Å². The first-order chi connectivity index (χ1) is 9.00. The van der Waals surface area contributed by atoms with Crippen LogP contribution in [-0.2, 0) is 0 Å². The van der Waals surface area contributed by atoms with Gasteiger partial charge in [0.2, 0.25) is 0 Å². The van der Waals surface area contributed by atoms with Crippen molar-refractivity contribution < 1.29 is 4.79 Å². The zero-order valence-corrected chi connectivity index (χ0v) is 11.4. The topological polar surface area (TPSA) is 92.9 Å². The molecule has 4 N–H and O–H groups in total. The standard InChI is InChI=1S/C13H21N5O/c1-13(2)5-3-9(4-6-13)16-12(19)10-7-15-8-11(17-10)18-14/h7-9H,3-6,14H2,1-2H3,(H,16,19)(H,17,18). The minimum absolute atomic E-state index is 0.186. The molecule has 1 aromatic heterocycles. The molecule has 1 saturated carbocycles. The van der Waals surface area contributed by atoms with Crippen molar-refractivity contribution in [3.63, 3.8) is 0 Å². The monoisotopic (exact) mass is 263 g/mol. The van der Waals surface area contributed by atoms with Crippen LogP contribution < -0.4 is 16.6 Å². The summed E-state index contributed by atoms with van der Waals surface area (Å²) in [6, 6.07) is 0.233. The molecule has 0 saturated heterocycles. The number of hydrogen-bond acceptors (Lipinski definition) is 5. The summed E-state index contributed by atoms with van der Waals surface area (Å²) >= 11 is 0. The van der Waals surface area contributed by atoms with E-state index in [1.807, 2.05) is 0 Å². The van der Waals surface area contributed by atoms with Gasteiger partial charge in [-0.3, -0.25) is 9.78 Å². The molecule has 1 fully saturated rings. The van der Waals surface area contributed by atoms with Crippen LogP contribution in [0.3, 0.4) is 0 Å². The third-order valence-electron chi connectivity index (χ3n) is 3.69. The van der Waals surface area contributed by atoms with E-state index in [1.165, 1.54) is 12.4 Å². The summed E-state index contributed by atoms with van der Waals surface area (Å²) in [6.45, 7) is 4.54. The van der Waals surface area contributed by atoms with Crippen molar-refractivity contribution >= 4 is 11.7 Å². The minimum atomic E-state index is -0.186. The Bertz CT molecular complexity index is 450. The number of amides is 1. The highest BCUT2D eigenvalue weighted by Crippen LogP contribution is 2.34. The summed E-state index contributed by atoms with van der Waals surface area (Å²) in [5, 5.41) is 3.01. The Hall–Kier alpha value is -1.69. The molecule has 0 bridgehead atoms. The number of nitrogens with two attached hydrogens (primary N) is 1. The quantitative estimate of drug-likeness (QED) is 0.567. The number of aromatic nitrogens is 2. The summed E-state index contributed by atoms with van der Waals surface area (Å²) in [5.74, 6) is 5.45. The summed E-state index contributed by atoms with van der Waals surface area (Å²) in [5.41, 5.74) is 3.07. The van der Waals surface area contributed by atoms with E-state index in [1.54, 1.807) is 0 Å². The zero-order chi connectivity index (χ0) is 13.9. The van der Waals surface area contributed by atoms with Crippen LogP contribution in [0.4, 0.5) is 5.82 Å². The summed E-state index contributed by atoms with van der Waals surface area (Å²) in [4.78, 5) is 20.1. The van der Waals surface area contributed by atoms with Gasteiger partial charge in [0.15, 0.2) is 5.82 Å². The Morgan fingerprint density at radius 1 is 1.37 bits per heavy atom. The van der Waals surface area contributed by atoms with Gasteiger partial charge in [0.25, 0.3) is 5.91 Å². The number of carbonyl (C=O) groups excluding carboxylic acids is 1. The predicted molar refractivity (Wildman–Crippen MR) is 73.3 cm³/mol. The fourth-order valence-electron chi connectivity index (χ4n) is 2.35. The number of nitrogens with zero attached hydrogens (tertiary/aromatic N) is 2. The molecule has 0 radical (unpaired) electrons. The molecule has 0 aromatic carbocycles. The maximum atomic E-state index is 12.1. The summed E-state index contributed by atoms with van der Waals surface area (Å²) in [7, 11) is 0. The molecular weight excluding hydrogens is 242 g/mol. The van der Waals surface area contributed by atoms with E-state index in [0.717, 1.165) is 25.7 Å². The third-order valence-corrected chi connectivity index (χ3v) is 3.69. The van der Waals surface area contributed by atoms with Gasteiger partial charge in [-0.25, -0.2) is 10.8 Å². The van der Waals surface area contributed by atoms with Gasteiger partial charge in [-0.15, -0.1) is 0 Å². The van der Waals surface area contributed by atoms with Gasteiger partial charge in [0.1, 0.15) is 5.69 Å². The molecule has 1 aliphatic carbocycles. The molecule has 19 heavy (non-hydrogen) atoms. The molecule has 1 amide bonds. The van der Waals surface area contributed by atoms with E-state index in [-0.39, 0.29) is 11.9 Å². The average molecular weight is 263 g/mol. The lowest BCUT2D eigenvalue weighted by Crippen LogP contribution is -2.39. The number of rotatable bonds is 3. The van der Waals surface area contributed by atoms with Crippen molar-refractivity contribution in [3.8, 4) is 0 Å². The van der Waals surface area contributed by atoms with E-state index in [4.69, 9.17) is 5.84 Å². The zero-order valence-electron chi connectivity index (χ0n) is 11.4. The second-order valence-electron chi connectivity index (χ2n) is 5.85. The molecule has 6 nitrogen and oxygen atoms in total. The van der Waals surface area contributed by atoms with Gasteiger partial charge in [0.05, 0.1) is 12.4 Å². The van der Waals surface area contributed by atoms with Crippen LogP contribution in [0.15, 0.2) is 12.4 Å². The Morgan fingerprint density at radius 2 is 2.05 bits per heavy atom. The fraction of sp³-hybridized carbons (Fsp3) is 0.615. The largest absolute Gasteiger partial charge is 0.348 e. The fourth-order valence-corrected chi connectivity index (χ4v) is 2.35. The van der Waals surface area contributed by atoms with Crippen LogP contribution in [0.25, 0.3) is 0 Å². The number of nitrogens with one attached hydrogen (secondary N) is 2. The highest BCUT2D eigenvalue weighted by molar-refractivity contribution is 5.92. The average Bonchev–Trinajstić information content (AvgIpc) is 2.41. The maximum Gasteiger partial charge on any atom is 0.271 e. The first kappa shape index (κ1) is 13.7. The summed E-state index contributed by atoms with van der Waals surface area (Å²) in [6.07, 6.45) is 7.22. The molecule has 6 heteroatoms. The van der Waals surface area contributed by atoms with E-state index in [0.29, 0.717) is 16.9 Å². The molecule has 0 atom stereocenters. The Labute approximate surface area is 113 Å². The minimum Gasteiger partial charge on any atom is -0.348 e. The molecule has 104 valence electrons. The second kappa shape index (κ2) is 5.52. The number of hydrogen-bond donors (Lipinski definition) is 3. The molecule has 0 unspecified atom stereocenters. The maximum absolute atomic E-state index is 12.1. The highest BCUT2D eigenvalue weighted by Gasteiger charge is 2.27. The number of hydrazine groups is 1. The molecular formula is C13H21N5O.